The molecule has 2 N–H and O–H groups in total. The number of hydrogen-bond donors (Lipinski definition) is 2. The molecule has 23 heavy (non-hydrogen) atoms. The summed E-state index contributed by atoms with van der Waals surface area (Å²) in [7, 11) is 0. The van der Waals surface area contributed by atoms with Crippen LogP contribution >= 0.6 is 0 Å². The Hall–Kier alpha value is -2.73. The van der Waals surface area contributed by atoms with Crippen LogP contribution in [0, 0.1) is 0 Å². The second kappa shape index (κ2) is 5.81. The molecule has 0 aromatic carbocycles. The first kappa shape index (κ1) is 13.9. The van der Waals surface area contributed by atoms with Gasteiger partial charge in [0.1, 0.15) is 5.65 Å². The minimum Gasteiger partial charge on any atom is -0.343 e. The van der Waals surface area contributed by atoms with Crippen LogP contribution in [-0.2, 0) is 6.42 Å². The summed E-state index contributed by atoms with van der Waals surface area (Å²) in [5.41, 5.74) is 5.30. The number of fused-ring (bicyclic) bond motifs is 2. The zero-order valence-corrected chi connectivity index (χ0v) is 13.0. The van der Waals surface area contributed by atoms with Gasteiger partial charge in [-0.3, -0.25) is 0 Å². The molecule has 0 bridgehead atoms. The molecule has 0 amide bonds. The van der Waals surface area contributed by atoms with Gasteiger partial charge in [0.25, 0.3) is 0 Å². The third-order valence-electron chi connectivity index (χ3n) is 4.00. The molecule has 0 aliphatic rings. The van der Waals surface area contributed by atoms with Crippen LogP contribution < -0.4 is 5.32 Å². The van der Waals surface area contributed by atoms with Gasteiger partial charge < -0.3 is 10.3 Å². The maximum Gasteiger partial charge on any atom is 0.138 e. The van der Waals surface area contributed by atoms with E-state index >= 15 is 0 Å². The number of likely N-dealkylation sites (N-methyl/N-ethyl adjacent to an activating group) is 1. The molecule has 4 aromatic rings. The molecule has 6 heteroatoms. The molecule has 0 fully saturated rings. The summed E-state index contributed by atoms with van der Waals surface area (Å²) >= 11 is 0. The fourth-order valence-corrected chi connectivity index (χ4v) is 2.89. The van der Waals surface area contributed by atoms with Crippen molar-refractivity contribution in [3.63, 3.8) is 0 Å². The number of rotatable bonds is 5. The SMILES string of the molecule is CCNCCc1cc2c(-c3cnn4ncccc34)ccnc2[nH]1. The fourth-order valence-electron chi connectivity index (χ4n) is 2.89. The number of nitrogens with one attached hydrogen (secondary N) is 2. The number of aromatic nitrogens is 5. The van der Waals surface area contributed by atoms with E-state index < -0.39 is 0 Å². The first-order valence-electron chi connectivity index (χ1n) is 7.83. The van der Waals surface area contributed by atoms with E-state index in [1.165, 1.54) is 5.69 Å². The highest BCUT2D eigenvalue weighted by Crippen LogP contribution is 2.30. The van der Waals surface area contributed by atoms with Gasteiger partial charge in [-0.2, -0.15) is 14.8 Å². The maximum absolute atomic E-state index is 4.46. The van der Waals surface area contributed by atoms with Gasteiger partial charge in [-0.05, 0) is 36.4 Å². The van der Waals surface area contributed by atoms with Crippen LogP contribution in [0.5, 0.6) is 0 Å². The Morgan fingerprint density at radius 2 is 2.13 bits per heavy atom. The van der Waals surface area contributed by atoms with Gasteiger partial charge in [-0.15, -0.1) is 0 Å². The predicted molar refractivity (Wildman–Crippen MR) is 90.3 cm³/mol. The third-order valence-corrected chi connectivity index (χ3v) is 4.00. The minimum absolute atomic E-state index is 0.914. The van der Waals surface area contributed by atoms with Crippen molar-refractivity contribution in [2.75, 3.05) is 13.1 Å². The molecule has 0 aliphatic heterocycles. The van der Waals surface area contributed by atoms with Crippen LogP contribution in [0.25, 0.3) is 27.7 Å². The molecular formula is C17H18N6. The number of hydrogen-bond acceptors (Lipinski definition) is 4. The highest BCUT2D eigenvalue weighted by atomic mass is 15.4. The first-order chi connectivity index (χ1) is 11.4. The molecular weight excluding hydrogens is 288 g/mol. The second-order valence-electron chi connectivity index (χ2n) is 5.48. The summed E-state index contributed by atoms with van der Waals surface area (Å²) in [4.78, 5) is 7.87. The van der Waals surface area contributed by atoms with E-state index in [0.717, 1.165) is 47.2 Å². The van der Waals surface area contributed by atoms with Gasteiger partial charge in [-0.25, -0.2) is 4.98 Å². The average Bonchev–Trinajstić information content (AvgIpc) is 3.18. The van der Waals surface area contributed by atoms with E-state index in [1.54, 1.807) is 10.8 Å². The van der Waals surface area contributed by atoms with Crippen LogP contribution in [-0.4, -0.2) is 37.9 Å². The van der Waals surface area contributed by atoms with Gasteiger partial charge in [-0.1, -0.05) is 6.92 Å². The van der Waals surface area contributed by atoms with Crippen molar-refractivity contribution in [3.8, 4) is 11.1 Å². The van der Waals surface area contributed by atoms with Gasteiger partial charge in [0.15, 0.2) is 0 Å². The smallest absolute Gasteiger partial charge is 0.138 e. The Bertz CT molecular complexity index is 952. The van der Waals surface area contributed by atoms with E-state index in [9.17, 15) is 0 Å². The maximum atomic E-state index is 4.46. The molecule has 4 aromatic heterocycles. The lowest BCUT2D eigenvalue weighted by Crippen LogP contribution is -2.16. The van der Waals surface area contributed by atoms with Crippen molar-refractivity contribution in [2.45, 2.75) is 13.3 Å². The van der Waals surface area contributed by atoms with Crippen LogP contribution in [0.3, 0.4) is 0 Å². The lowest BCUT2D eigenvalue weighted by atomic mass is 10.1. The van der Waals surface area contributed by atoms with Gasteiger partial charge in [0, 0.05) is 42.0 Å². The number of pyridine rings is 1. The molecule has 4 rings (SSSR count). The van der Waals surface area contributed by atoms with E-state index in [1.807, 2.05) is 30.6 Å². The van der Waals surface area contributed by atoms with Crippen molar-refractivity contribution in [3.05, 3.63) is 48.5 Å². The lowest BCUT2D eigenvalue weighted by Gasteiger charge is -2.00. The van der Waals surface area contributed by atoms with Crippen LogP contribution in [0.4, 0.5) is 0 Å². The highest BCUT2D eigenvalue weighted by Gasteiger charge is 2.12. The molecule has 0 saturated heterocycles. The highest BCUT2D eigenvalue weighted by molar-refractivity contribution is 5.97. The van der Waals surface area contributed by atoms with Crippen molar-refractivity contribution in [1.29, 1.82) is 0 Å². The van der Waals surface area contributed by atoms with Crippen molar-refractivity contribution in [2.24, 2.45) is 0 Å². The summed E-state index contributed by atoms with van der Waals surface area (Å²) in [6, 6.07) is 8.18. The average molecular weight is 306 g/mol. The number of aromatic amines is 1. The summed E-state index contributed by atoms with van der Waals surface area (Å²) in [6.45, 7) is 4.06. The second-order valence-corrected chi connectivity index (χ2v) is 5.48. The lowest BCUT2D eigenvalue weighted by molar-refractivity contribution is 0.710. The monoisotopic (exact) mass is 306 g/mol. The Kier molecular flexibility index (Phi) is 3.51. The fraction of sp³-hybridized carbons (Fsp3) is 0.235. The normalized spacial score (nSPS) is 11.5. The molecule has 0 atom stereocenters. The topological polar surface area (TPSA) is 70.9 Å². The van der Waals surface area contributed by atoms with Crippen molar-refractivity contribution in [1.82, 2.24) is 30.1 Å². The van der Waals surface area contributed by atoms with E-state index in [-0.39, 0.29) is 0 Å². The molecule has 6 nitrogen and oxygen atoms in total. The first-order valence-corrected chi connectivity index (χ1v) is 7.83. The van der Waals surface area contributed by atoms with Crippen LogP contribution in [0.1, 0.15) is 12.6 Å². The quantitative estimate of drug-likeness (QED) is 0.556. The summed E-state index contributed by atoms with van der Waals surface area (Å²) in [6.07, 6.45) is 6.39. The standard InChI is InChI=1S/C17H18N6/c1-2-18-8-5-12-10-14-13(6-9-19-17(14)22-12)15-11-21-23-16(15)4-3-7-20-23/h3-4,6-7,9-11,18H,2,5,8H2,1H3,(H,19,22). The molecule has 0 radical (unpaired) electrons. The molecule has 4 heterocycles. The Morgan fingerprint density at radius 1 is 1.17 bits per heavy atom. The molecule has 0 saturated carbocycles. The predicted octanol–water partition coefficient (Wildman–Crippen LogP) is 2.42. The molecule has 0 unspecified atom stereocenters. The number of H-pyrrole nitrogens is 1. The van der Waals surface area contributed by atoms with Gasteiger partial charge >= 0.3 is 0 Å². The van der Waals surface area contributed by atoms with E-state index in [0.29, 0.717) is 0 Å². The Labute approximate surface area is 133 Å². The largest absolute Gasteiger partial charge is 0.343 e. The third kappa shape index (κ3) is 2.47. The number of nitrogens with zero attached hydrogens (tertiary/aromatic N) is 4. The Morgan fingerprint density at radius 3 is 3.04 bits per heavy atom. The Balaban J connectivity index is 1.80. The van der Waals surface area contributed by atoms with Crippen molar-refractivity contribution >= 4 is 16.6 Å². The van der Waals surface area contributed by atoms with Crippen molar-refractivity contribution < 1.29 is 0 Å². The molecule has 0 spiro atoms. The summed E-state index contributed by atoms with van der Waals surface area (Å²) in [5, 5.41) is 13.0. The van der Waals surface area contributed by atoms with Gasteiger partial charge in [0.05, 0.1) is 11.7 Å². The molecule has 0 aliphatic carbocycles. The molecule has 116 valence electrons. The summed E-state index contributed by atoms with van der Waals surface area (Å²) < 4.78 is 1.65. The zero-order chi connectivity index (χ0) is 15.6. The zero-order valence-electron chi connectivity index (χ0n) is 13.0. The van der Waals surface area contributed by atoms with Crippen LogP contribution in [0.15, 0.2) is 42.9 Å². The van der Waals surface area contributed by atoms with Crippen LogP contribution in [0.2, 0.25) is 0 Å². The van der Waals surface area contributed by atoms with E-state index in [4.69, 9.17) is 0 Å². The summed E-state index contributed by atoms with van der Waals surface area (Å²) in [5.74, 6) is 0. The van der Waals surface area contributed by atoms with Gasteiger partial charge in [0.2, 0.25) is 0 Å². The minimum atomic E-state index is 0.914. The van der Waals surface area contributed by atoms with E-state index in [2.05, 4.69) is 38.5 Å².